The number of hydrogen-bond donors (Lipinski definition) is 0. The van der Waals surface area contributed by atoms with E-state index in [4.69, 9.17) is 21.4 Å². The molecule has 1 aromatic heterocycles. The molecule has 0 N–H and O–H groups in total. The first-order valence-electron chi connectivity index (χ1n) is 8.66. The van der Waals surface area contributed by atoms with Crippen molar-refractivity contribution < 1.29 is 9.53 Å². The Labute approximate surface area is 165 Å². The first-order chi connectivity index (χ1) is 13.2. The number of hydrogen-bond acceptors (Lipinski definition) is 5. The zero-order valence-corrected chi connectivity index (χ0v) is 15.8. The van der Waals surface area contributed by atoms with E-state index in [2.05, 4.69) is 6.07 Å². The number of halogens is 1. The van der Waals surface area contributed by atoms with Crippen LogP contribution in [0.4, 0.5) is 0 Å². The van der Waals surface area contributed by atoms with Crippen LogP contribution in [-0.4, -0.2) is 22.7 Å². The molecule has 27 heavy (non-hydrogen) atoms. The van der Waals surface area contributed by atoms with Crippen LogP contribution in [0.3, 0.4) is 0 Å². The fourth-order valence-electron chi connectivity index (χ4n) is 3.57. The molecule has 2 unspecified atom stereocenters. The summed E-state index contributed by atoms with van der Waals surface area (Å²) in [4.78, 5) is 14.3. The van der Waals surface area contributed by atoms with Crippen molar-refractivity contribution in [3.8, 4) is 5.75 Å². The topological polar surface area (TPSA) is 41.9 Å². The first kappa shape index (κ1) is 16.5. The molecule has 5 rings (SSSR count). The highest BCUT2D eigenvalue weighted by molar-refractivity contribution is 7.12. The lowest BCUT2D eigenvalue weighted by Crippen LogP contribution is -2.45. The largest absolute Gasteiger partial charge is 0.461 e. The number of benzene rings is 2. The van der Waals surface area contributed by atoms with Crippen LogP contribution >= 0.6 is 22.9 Å². The lowest BCUT2D eigenvalue weighted by atomic mass is 9.97. The average Bonchev–Trinajstić information content (AvgIpc) is 3.37. The van der Waals surface area contributed by atoms with E-state index in [9.17, 15) is 4.79 Å². The van der Waals surface area contributed by atoms with Crippen molar-refractivity contribution in [2.24, 2.45) is 5.10 Å². The Morgan fingerprint density at radius 3 is 2.78 bits per heavy atom. The van der Waals surface area contributed by atoms with E-state index >= 15 is 0 Å². The van der Waals surface area contributed by atoms with Gasteiger partial charge in [-0.3, -0.25) is 4.79 Å². The fraction of sp³-hybridized carbons (Fsp3) is 0.143. The molecular formula is C21H15ClN2O2S. The highest BCUT2D eigenvalue weighted by Gasteiger charge is 2.43. The van der Waals surface area contributed by atoms with Gasteiger partial charge >= 0.3 is 0 Å². The van der Waals surface area contributed by atoms with Crippen molar-refractivity contribution in [1.82, 2.24) is 5.01 Å². The van der Waals surface area contributed by atoms with Crippen molar-refractivity contribution in [3.05, 3.63) is 87.1 Å². The van der Waals surface area contributed by atoms with E-state index in [-0.39, 0.29) is 11.8 Å². The smallest absolute Gasteiger partial charge is 0.251 e. The summed E-state index contributed by atoms with van der Waals surface area (Å²) in [7, 11) is 0. The van der Waals surface area contributed by atoms with Gasteiger partial charge in [0, 0.05) is 22.6 Å². The molecule has 3 heterocycles. The Morgan fingerprint density at radius 1 is 1.15 bits per heavy atom. The van der Waals surface area contributed by atoms with Gasteiger partial charge in [-0.25, -0.2) is 5.01 Å². The standard InChI is InChI=1S/C21H15ClN2O2S/c22-14-8-9-18-15(11-14)17-12-16(19-7-4-10-27-19)23-24(17)21(26-18)20(25)13-5-2-1-3-6-13/h1-11,17,21H,12H2. The maximum atomic E-state index is 13.2. The zero-order chi connectivity index (χ0) is 18.4. The van der Waals surface area contributed by atoms with Crippen molar-refractivity contribution in [2.45, 2.75) is 18.7 Å². The van der Waals surface area contributed by atoms with Crippen LogP contribution in [0, 0.1) is 0 Å². The van der Waals surface area contributed by atoms with Gasteiger partial charge in [-0.05, 0) is 29.6 Å². The lowest BCUT2D eigenvalue weighted by Gasteiger charge is -2.37. The summed E-state index contributed by atoms with van der Waals surface area (Å²) < 4.78 is 6.10. The third kappa shape index (κ3) is 2.83. The van der Waals surface area contributed by atoms with E-state index in [0.29, 0.717) is 16.3 Å². The van der Waals surface area contributed by atoms with E-state index < -0.39 is 6.23 Å². The van der Waals surface area contributed by atoms with E-state index in [1.54, 1.807) is 34.5 Å². The van der Waals surface area contributed by atoms with Crippen molar-refractivity contribution >= 4 is 34.4 Å². The van der Waals surface area contributed by atoms with Gasteiger partial charge in [0.25, 0.3) is 6.23 Å². The minimum atomic E-state index is -0.788. The lowest BCUT2D eigenvalue weighted by molar-refractivity contribution is -0.00455. The zero-order valence-electron chi connectivity index (χ0n) is 14.2. The van der Waals surface area contributed by atoms with E-state index in [1.165, 1.54) is 0 Å². The third-order valence-electron chi connectivity index (χ3n) is 4.84. The molecule has 0 fully saturated rings. The number of thiophene rings is 1. The predicted molar refractivity (Wildman–Crippen MR) is 107 cm³/mol. The molecule has 2 aliphatic heterocycles. The molecule has 0 saturated heterocycles. The van der Waals surface area contributed by atoms with Gasteiger partial charge in [0.1, 0.15) is 5.75 Å². The van der Waals surface area contributed by atoms with Gasteiger partial charge in [0.2, 0.25) is 5.78 Å². The summed E-state index contributed by atoms with van der Waals surface area (Å²) in [5.74, 6) is 0.593. The Hall–Kier alpha value is -2.63. The van der Waals surface area contributed by atoms with Gasteiger partial charge in [-0.1, -0.05) is 48.0 Å². The second-order valence-electron chi connectivity index (χ2n) is 6.51. The Balaban J connectivity index is 1.59. The minimum Gasteiger partial charge on any atom is -0.461 e. The summed E-state index contributed by atoms with van der Waals surface area (Å²) in [5, 5.41) is 9.25. The molecule has 3 aromatic rings. The summed E-state index contributed by atoms with van der Waals surface area (Å²) >= 11 is 7.87. The van der Waals surface area contributed by atoms with Crippen LogP contribution in [-0.2, 0) is 0 Å². The van der Waals surface area contributed by atoms with Gasteiger partial charge < -0.3 is 4.74 Å². The minimum absolute atomic E-state index is 0.0674. The fourth-order valence-corrected chi connectivity index (χ4v) is 4.47. The van der Waals surface area contributed by atoms with E-state index in [1.807, 2.05) is 41.8 Å². The molecule has 0 amide bonds. The Bertz CT molecular complexity index is 1030. The van der Waals surface area contributed by atoms with Crippen LogP contribution in [0.15, 0.2) is 71.1 Å². The molecule has 6 heteroatoms. The molecule has 2 aliphatic rings. The average molecular weight is 395 g/mol. The van der Waals surface area contributed by atoms with Crippen LogP contribution in [0.5, 0.6) is 5.75 Å². The summed E-state index contributed by atoms with van der Waals surface area (Å²) in [5.41, 5.74) is 2.55. The molecule has 0 aliphatic carbocycles. The van der Waals surface area contributed by atoms with Gasteiger partial charge in [0.05, 0.1) is 16.6 Å². The molecule has 0 saturated carbocycles. The Morgan fingerprint density at radius 2 is 2.00 bits per heavy atom. The van der Waals surface area contributed by atoms with Crippen LogP contribution in [0.25, 0.3) is 0 Å². The molecule has 2 aromatic carbocycles. The summed E-state index contributed by atoms with van der Waals surface area (Å²) in [6, 6.07) is 18.7. The quantitative estimate of drug-likeness (QED) is 0.576. The number of ether oxygens (including phenoxy) is 1. The number of carbonyl (C=O) groups excluding carboxylic acids is 1. The number of nitrogens with zero attached hydrogens (tertiary/aromatic N) is 2. The van der Waals surface area contributed by atoms with Crippen LogP contribution in [0.2, 0.25) is 5.02 Å². The Kier molecular flexibility index (Phi) is 3.99. The summed E-state index contributed by atoms with van der Waals surface area (Å²) in [6.45, 7) is 0. The highest BCUT2D eigenvalue weighted by Crippen LogP contribution is 2.44. The van der Waals surface area contributed by atoms with Crippen molar-refractivity contribution in [2.75, 3.05) is 0 Å². The SMILES string of the molecule is O=C(c1ccccc1)C1Oc2ccc(Cl)cc2C2CC(c3cccs3)=NN12. The molecule has 0 radical (unpaired) electrons. The molecule has 4 nitrogen and oxygen atoms in total. The van der Waals surface area contributed by atoms with Gasteiger partial charge in [0.15, 0.2) is 0 Å². The third-order valence-corrected chi connectivity index (χ3v) is 5.99. The first-order valence-corrected chi connectivity index (χ1v) is 9.91. The normalized spacial score (nSPS) is 20.5. The van der Waals surface area contributed by atoms with Crippen molar-refractivity contribution in [3.63, 3.8) is 0 Å². The second kappa shape index (κ2) is 6.51. The van der Waals surface area contributed by atoms with E-state index in [0.717, 1.165) is 22.6 Å². The van der Waals surface area contributed by atoms with Crippen LogP contribution in [0.1, 0.15) is 33.3 Å². The van der Waals surface area contributed by atoms with Gasteiger partial charge in [-0.2, -0.15) is 5.10 Å². The molecule has 2 atom stereocenters. The molecule has 0 spiro atoms. The number of rotatable bonds is 3. The molecular weight excluding hydrogens is 380 g/mol. The maximum Gasteiger partial charge on any atom is 0.251 e. The summed E-state index contributed by atoms with van der Waals surface area (Å²) in [6.07, 6.45) is -0.0704. The van der Waals surface area contributed by atoms with Gasteiger partial charge in [-0.15, -0.1) is 11.3 Å². The number of fused-ring (bicyclic) bond motifs is 3. The second-order valence-corrected chi connectivity index (χ2v) is 7.89. The monoisotopic (exact) mass is 394 g/mol. The number of hydrazone groups is 1. The maximum absolute atomic E-state index is 13.2. The molecule has 0 bridgehead atoms. The van der Waals surface area contributed by atoms with Crippen LogP contribution < -0.4 is 4.74 Å². The predicted octanol–water partition coefficient (Wildman–Crippen LogP) is 5.15. The number of Topliss-reactive ketones (excluding diaryl/α,β-unsaturated/α-hetero) is 1. The number of ketones is 1. The molecule has 134 valence electrons. The van der Waals surface area contributed by atoms with Crippen molar-refractivity contribution in [1.29, 1.82) is 0 Å². The highest BCUT2D eigenvalue weighted by atomic mass is 35.5. The number of carbonyl (C=O) groups is 1.